The quantitative estimate of drug-likeness (QED) is 0.353. The van der Waals surface area contributed by atoms with Crippen LogP contribution in [-0.2, 0) is 24.3 Å². The highest BCUT2D eigenvalue weighted by Gasteiger charge is 2.20. The van der Waals surface area contributed by atoms with Gasteiger partial charge in [0.15, 0.2) is 0 Å². The molecular weight excluding hydrogens is 484 g/mol. The van der Waals surface area contributed by atoms with Crippen molar-refractivity contribution in [3.05, 3.63) is 74.4 Å². The number of nitrogens with zero attached hydrogens (tertiary/aromatic N) is 4. The van der Waals surface area contributed by atoms with Crippen LogP contribution in [0.4, 0.5) is 5.69 Å². The molecule has 0 aliphatic heterocycles. The summed E-state index contributed by atoms with van der Waals surface area (Å²) in [5.41, 5.74) is 1.43. The van der Waals surface area contributed by atoms with Crippen LogP contribution in [0, 0.1) is 5.92 Å². The van der Waals surface area contributed by atoms with Crippen molar-refractivity contribution in [2.24, 2.45) is 5.92 Å². The number of nitrogens with one attached hydrogen (secondary N) is 2. The molecule has 0 aliphatic rings. The normalized spacial score (nSPS) is 11.6. The summed E-state index contributed by atoms with van der Waals surface area (Å²) in [6, 6.07) is 12.1. The molecule has 0 spiro atoms. The number of fused-ring (bicyclic) bond motifs is 3. The van der Waals surface area contributed by atoms with Crippen molar-refractivity contribution in [1.82, 2.24) is 24.1 Å². The number of benzene rings is 2. The van der Waals surface area contributed by atoms with Gasteiger partial charge in [0.1, 0.15) is 6.54 Å². The Bertz CT molecular complexity index is 1630. The molecule has 4 aromatic rings. The van der Waals surface area contributed by atoms with E-state index in [4.69, 9.17) is 0 Å². The maximum absolute atomic E-state index is 13.6. The van der Waals surface area contributed by atoms with Crippen LogP contribution >= 0.6 is 0 Å². The monoisotopic (exact) mass is 518 g/mol. The highest BCUT2D eigenvalue weighted by atomic mass is 16.2. The highest BCUT2D eigenvalue weighted by molar-refractivity contribution is 5.98. The van der Waals surface area contributed by atoms with Gasteiger partial charge in [-0.15, -0.1) is 5.10 Å². The number of aromatic nitrogens is 4. The molecule has 0 bridgehead atoms. The molecule has 2 N–H and O–H groups in total. The first kappa shape index (κ1) is 26.8. The minimum absolute atomic E-state index is 0.0794. The largest absolute Gasteiger partial charge is 0.352 e. The van der Waals surface area contributed by atoms with Crippen molar-refractivity contribution in [2.75, 3.05) is 5.32 Å². The summed E-state index contributed by atoms with van der Waals surface area (Å²) >= 11 is 0. The van der Waals surface area contributed by atoms with E-state index >= 15 is 0 Å². The minimum Gasteiger partial charge on any atom is -0.350 e. The zero-order chi connectivity index (χ0) is 27.6. The minimum atomic E-state index is -0.567. The average Bonchev–Trinajstić information content (AvgIpc) is 3.18. The molecular formula is C28H34N6O4. The molecule has 2 aromatic heterocycles. The maximum atomic E-state index is 13.6. The Kier molecular flexibility index (Phi) is 7.80. The van der Waals surface area contributed by atoms with E-state index in [9.17, 15) is 19.2 Å². The second-order valence-electron chi connectivity index (χ2n) is 10.2. The molecule has 0 saturated heterocycles. The van der Waals surface area contributed by atoms with E-state index in [1.54, 1.807) is 18.2 Å². The van der Waals surface area contributed by atoms with Crippen LogP contribution in [0.1, 0.15) is 57.0 Å². The van der Waals surface area contributed by atoms with E-state index in [0.29, 0.717) is 35.5 Å². The first-order chi connectivity index (χ1) is 18.1. The highest BCUT2D eigenvalue weighted by Crippen LogP contribution is 2.16. The lowest BCUT2D eigenvalue weighted by atomic mass is 10.1. The lowest BCUT2D eigenvalue weighted by Gasteiger charge is -2.12. The molecule has 0 radical (unpaired) electrons. The standard InChI is InChI=1S/C28H34N6O4/c1-6-19-8-7-9-21(14-19)30-24(35)16-33-28(38)34-23-15-20(25(36)29-18(4)5)10-11-22(23)26(37)32(27(34)31-33)13-12-17(2)3/h7-11,14-15,17-18H,6,12-13,16H2,1-5H3,(H,29,36)(H,30,35). The molecule has 0 atom stereocenters. The average molecular weight is 519 g/mol. The van der Waals surface area contributed by atoms with Crippen molar-refractivity contribution in [3.8, 4) is 0 Å². The number of carbonyl (C=O) groups excluding carboxylic acids is 2. The van der Waals surface area contributed by atoms with Crippen LogP contribution in [0.2, 0.25) is 0 Å². The zero-order valence-electron chi connectivity index (χ0n) is 22.4. The second kappa shape index (κ2) is 11.0. The van der Waals surface area contributed by atoms with Crippen molar-refractivity contribution >= 4 is 34.2 Å². The van der Waals surface area contributed by atoms with E-state index < -0.39 is 11.6 Å². The van der Waals surface area contributed by atoms with Crippen molar-refractivity contribution < 1.29 is 9.59 Å². The van der Waals surface area contributed by atoms with Crippen LogP contribution in [0.25, 0.3) is 16.7 Å². The molecule has 0 unspecified atom stereocenters. The van der Waals surface area contributed by atoms with E-state index in [1.165, 1.54) is 15.0 Å². The maximum Gasteiger partial charge on any atom is 0.352 e. The van der Waals surface area contributed by atoms with Crippen molar-refractivity contribution in [2.45, 2.75) is 66.6 Å². The molecule has 0 fully saturated rings. The van der Waals surface area contributed by atoms with E-state index in [1.807, 2.05) is 52.8 Å². The first-order valence-corrected chi connectivity index (χ1v) is 12.9. The number of rotatable bonds is 9. The number of hydrogen-bond donors (Lipinski definition) is 2. The van der Waals surface area contributed by atoms with Gasteiger partial charge in [0.05, 0.1) is 10.9 Å². The summed E-state index contributed by atoms with van der Waals surface area (Å²) in [6.45, 7) is 9.85. The SMILES string of the molecule is CCc1cccc(NC(=O)Cn2nc3n(CCC(C)C)c(=O)c4ccc(C(=O)NC(C)C)cc4n3c2=O)c1. The second-order valence-corrected chi connectivity index (χ2v) is 10.2. The van der Waals surface area contributed by atoms with Crippen LogP contribution in [-0.4, -0.2) is 36.6 Å². The lowest BCUT2D eigenvalue weighted by molar-refractivity contribution is -0.117. The van der Waals surface area contributed by atoms with E-state index in [2.05, 4.69) is 15.7 Å². The molecule has 10 heteroatoms. The summed E-state index contributed by atoms with van der Waals surface area (Å²) < 4.78 is 3.84. The molecule has 2 heterocycles. The smallest absolute Gasteiger partial charge is 0.350 e. The zero-order valence-corrected chi connectivity index (χ0v) is 22.4. The Hall–Kier alpha value is -4.21. The fourth-order valence-electron chi connectivity index (χ4n) is 4.30. The predicted molar refractivity (Wildman–Crippen MR) is 148 cm³/mol. The van der Waals surface area contributed by atoms with Crippen LogP contribution in [0.3, 0.4) is 0 Å². The summed E-state index contributed by atoms with van der Waals surface area (Å²) in [6.07, 6.45) is 1.53. The van der Waals surface area contributed by atoms with Gasteiger partial charge in [-0.25, -0.2) is 13.9 Å². The Morgan fingerprint density at radius 3 is 2.47 bits per heavy atom. The van der Waals surface area contributed by atoms with Gasteiger partial charge in [0, 0.05) is 23.8 Å². The Labute approximate surface area is 220 Å². The number of aryl methyl sites for hydroxylation is 2. The summed E-state index contributed by atoms with van der Waals surface area (Å²) in [4.78, 5) is 52.5. The van der Waals surface area contributed by atoms with E-state index in [0.717, 1.165) is 16.7 Å². The molecule has 4 rings (SSSR count). The Morgan fingerprint density at radius 1 is 1.03 bits per heavy atom. The van der Waals surface area contributed by atoms with Crippen molar-refractivity contribution in [3.63, 3.8) is 0 Å². The van der Waals surface area contributed by atoms with E-state index in [-0.39, 0.29) is 35.3 Å². The van der Waals surface area contributed by atoms with Gasteiger partial charge in [0.2, 0.25) is 11.7 Å². The first-order valence-electron chi connectivity index (χ1n) is 12.9. The third-order valence-corrected chi connectivity index (χ3v) is 6.30. The van der Waals surface area contributed by atoms with Gasteiger partial charge >= 0.3 is 5.69 Å². The lowest BCUT2D eigenvalue weighted by Crippen LogP contribution is -2.31. The van der Waals surface area contributed by atoms with Crippen molar-refractivity contribution in [1.29, 1.82) is 0 Å². The van der Waals surface area contributed by atoms with Gasteiger partial charge in [-0.05, 0) is 68.5 Å². The predicted octanol–water partition coefficient (Wildman–Crippen LogP) is 3.20. The summed E-state index contributed by atoms with van der Waals surface area (Å²) in [5.74, 6) is -0.275. The number of anilines is 1. The fraction of sp³-hybridized carbons (Fsp3) is 0.393. The third-order valence-electron chi connectivity index (χ3n) is 6.30. The molecule has 38 heavy (non-hydrogen) atoms. The summed E-state index contributed by atoms with van der Waals surface area (Å²) in [5, 5.41) is 10.3. The van der Waals surface area contributed by atoms with Crippen LogP contribution in [0.5, 0.6) is 0 Å². The Morgan fingerprint density at radius 2 is 1.79 bits per heavy atom. The number of hydrogen-bond acceptors (Lipinski definition) is 5. The van der Waals surface area contributed by atoms with Gasteiger partial charge < -0.3 is 10.6 Å². The molecule has 10 nitrogen and oxygen atoms in total. The Balaban J connectivity index is 1.82. The molecule has 0 saturated carbocycles. The fourth-order valence-corrected chi connectivity index (χ4v) is 4.30. The molecule has 0 aliphatic carbocycles. The third kappa shape index (κ3) is 5.53. The van der Waals surface area contributed by atoms with Crippen LogP contribution < -0.4 is 21.9 Å². The number of carbonyl (C=O) groups is 2. The van der Waals surface area contributed by atoms with Crippen LogP contribution in [0.15, 0.2) is 52.1 Å². The number of amides is 2. The molecule has 200 valence electrons. The molecule has 2 aromatic carbocycles. The van der Waals surface area contributed by atoms with Gasteiger partial charge in [0.25, 0.3) is 11.5 Å². The van der Waals surface area contributed by atoms with Gasteiger partial charge in [-0.2, -0.15) is 0 Å². The van der Waals surface area contributed by atoms with Gasteiger partial charge in [-0.3, -0.25) is 19.0 Å². The van der Waals surface area contributed by atoms with Gasteiger partial charge in [-0.1, -0.05) is 32.9 Å². The summed E-state index contributed by atoms with van der Waals surface area (Å²) in [7, 11) is 0. The molecule has 2 amide bonds. The topological polar surface area (TPSA) is 120 Å².